The maximum absolute atomic E-state index is 11.8. The smallest absolute Gasteiger partial charge is 0.140 e. The van der Waals surface area contributed by atoms with Crippen molar-refractivity contribution in [1.82, 2.24) is 4.90 Å². The average Bonchev–Trinajstić information content (AvgIpc) is 2.56. The van der Waals surface area contributed by atoms with Gasteiger partial charge in [-0.1, -0.05) is 30.3 Å². The van der Waals surface area contributed by atoms with E-state index in [0.29, 0.717) is 19.6 Å². The van der Waals surface area contributed by atoms with Crippen molar-refractivity contribution in [2.75, 3.05) is 33.5 Å². The maximum atomic E-state index is 11.8. The normalized spacial score (nSPS) is 28.7. The van der Waals surface area contributed by atoms with Crippen LogP contribution in [-0.2, 0) is 20.7 Å². The van der Waals surface area contributed by atoms with Gasteiger partial charge in [0.2, 0.25) is 0 Å². The lowest BCUT2D eigenvalue weighted by atomic mass is 9.88. The third kappa shape index (κ3) is 4.38. The molecule has 0 spiro atoms. The van der Waals surface area contributed by atoms with Gasteiger partial charge in [0.15, 0.2) is 0 Å². The Morgan fingerprint density at radius 2 is 2.17 bits per heavy atom. The highest BCUT2D eigenvalue weighted by Crippen LogP contribution is 2.30. The molecule has 1 aliphatic rings. The Bertz CT molecular complexity index is 481. The van der Waals surface area contributed by atoms with E-state index in [4.69, 9.17) is 9.47 Å². The lowest BCUT2D eigenvalue weighted by Crippen LogP contribution is -2.64. The SMILES string of the molecule is COCC1COC(C)(CCO)C(C=O)N1CCc1ccccc1. The molecule has 0 saturated carbocycles. The van der Waals surface area contributed by atoms with Crippen LogP contribution in [-0.4, -0.2) is 67.5 Å². The molecule has 0 bridgehead atoms. The number of hydrogen-bond acceptors (Lipinski definition) is 5. The molecule has 1 N–H and O–H groups in total. The molecule has 1 heterocycles. The zero-order chi connectivity index (χ0) is 16.7. The molecule has 0 radical (unpaired) electrons. The first-order valence-corrected chi connectivity index (χ1v) is 8.13. The van der Waals surface area contributed by atoms with Gasteiger partial charge in [-0.25, -0.2) is 0 Å². The molecular weight excluding hydrogens is 294 g/mol. The fourth-order valence-electron chi connectivity index (χ4n) is 3.27. The first-order valence-electron chi connectivity index (χ1n) is 8.13. The van der Waals surface area contributed by atoms with E-state index >= 15 is 0 Å². The third-order valence-corrected chi connectivity index (χ3v) is 4.66. The summed E-state index contributed by atoms with van der Waals surface area (Å²) in [6.45, 7) is 3.69. The number of nitrogens with zero attached hydrogens (tertiary/aromatic N) is 1. The molecule has 3 atom stereocenters. The highest BCUT2D eigenvalue weighted by Gasteiger charge is 2.45. The summed E-state index contributed by atoms with van der Waals surface area (Å²) in [7, 11) is 1.66. The van der Waals surface area contributed by atoms with E-state index in [2.05, 4.69) is 17.0 Å². The summed E-state index contributed by atoms with van der Waals surface area (Å²) in [6, 6.07) is 9.89. The van der Waals surface area contributed by atoms with Gasteiger partial charge < -0.3 is 19.4 Å². The van der Waals surface area contributed by atoms with Gasteiger partial charge in [-0.05, 0) is 18.9 Å². The summed E-state index contributed by atoms with van der Waals surface area (Å²) in [6.07, 6.45) is 2.25. The second-order valence-corrected chi connectivity index (χ2v) is 6.26. The highest BCUT2D eigenvalue weighted by molar-refractivity contribution is 5.60. The summed E-state index contributed by atoms with van der Waals surface area (Å²) in [5.74, 6) is 0. The first-order chi connectivity index (χ1) is 11.1. The number of morpholine rings is 1. The molecule has 2 rings (SSSR count). The zero-order valence-electron chi connectivity index (χ0n) is 14.0. The van der Waals surface area contributed by atoms with Crippen LogP contribution in [0.3, 0.4) is 0 Å². The van der Waals surface area contributed by atoms with Crippen LogP contribution in [0.4, 0.5) is 0 Å². The van der Waals surface area contributed by atoms with Crippen molar-refractivity contribution in [1.29, 1.82) is 0 Å². The molecule has 0 aromatic heterocycles. The Hall–Kier alpha value is -1.27. The van der Waals surface area contributed by atoms with Crippen LogP contribution in [0.15, 0.2) is 30.3 Å². The lowest BCUT2D eigenvalue weighted by Gasteiger charge is -2.49. The topological polar surface area (TPSA) is 59.0 Å². The number of rotatable bonds is 8. The zero-order valence-corrected chi connectivity index (χ0v) is 14.0. The van der Waals surface area contributed by atoms with E-state index in [1.54, 1.807) is 7.11 Å². The predicted molar refractivity (Wildman–Crippen MR) is 88.4 cm³/mol. The maximum Gasteiger partial charge on any atom is 0.140 e. The van der Waals surface area contributed by atoms with E-state index < -0.39 is 5.60 Å². The van der Waals surface area contributed by atoms with Gasteiger partial charge in [-0.15, -0.1) is 0 Å². The fourth-order valence-corrected chi connectivity index (χ4v) is 3.27. The number of benzene rings is 1. The van der Waals surface area contributed by atoms with Gasteiger partial charge in [0.25, 0.3) is 0 Å². The van der Waals surface area contributed by atoms with E-state index in [9.17, 15) is 9.90 Å². The molecule has 128 valence electrons. The van der Waals surface area contributed by atoms with Crippen LogP contribution in [0.5, 0.6) is 0 Å². The lowest BCUT2D eigenvalue weighted by molar-refractivity contribution is -0.177. The van der Waals surface area contributed by atoms with Crippen LogP contribution in [0, 0.1) is 0 Å². The van der Waals surface area contributed by atoms with Crippen molar-refractivity contribution in [3.63, 3.8) is 0 Å². The second-order valence-electron chi connectivity index (χ2n) is 6.26. The number of hydrogen-bond donors (Lipinski definition) is 1. The highest BCUT2D eigenvalue weighted by atomic mass is 16.5. The van der Waals surface area contributed by atoms with Crippen molar-refractivity contribution in [2.24, 2.45) is 0 Å². The Labute approximate surface area is 138 Å². The van der Waals surface area contributed by atoms with Crippen LogP contribution in [0.25, 0.3) is 0 Å². The molecule has 1 saturated heterocycles. The number of methoxy groups -OCH3 is 1. The van der Waals surface area contributed by atoms with Gasteiger partial charge >= 0.3 is 0 Å². The number of carbonyl (C=O) groups excluding carboxylic acids is 1. The molecule has 1 aromatic carbocycles. The Balaban J connectivity index is 2.14. The summed E-state index contributed by atoms with van der Waals surface area (Å²) in [5.41, 5.74) is 0.584. The van der Waals surface area contributed by atoms with E-state index in [1.807, 2.05) is 25.1 Å². The van der Waals surface area contributed by atoms with Gasteiger partial charge in [-0.3, -0.25) is 4.90 Å². The molecule has 1 fully saturated rings. The molecule has 5 heteroatoms. The third-order valence-electron chi connectivity index (χ3n) is 4.66. The van der Waals surface area contributed by atoms with Crippen molar-refractivity contribution in [3.8, 4) is 0 Å². The van der Waals surface area contributed by atoms with Crippen molar-refractivity contribution in [2.45, 2.75) is 37.5 Å². The first kappa shape index (κ1) is 18.1. The summed E-state index contributed by atoms with van der Waals surface area (Å²) in [4.78, 5) is 13.9. The second kappa shape index (κ2) is 8.55. The monoisotopic (exact) mass is 321 g/mol. The van der Waals surface area contributed by atoms with Crippen LogP contribution < -0.4 is 0 Å². The van der Waals surface area contributed by atoms with Crippen LogP contribution >= 0.6 is 0 Å². The number of aliphatic hydroxyl groups is 1. The van der Waals surface area contributed by atoms with Gasteiger partial charge in [0, 0.05) is 26.7 Å². The van der Waals surface area contributed by atoms with Gasteiger partial charge in [-0.2, -0.15) is 0 Å². The molecule has 1 aromatic rings. The minimum absolute atomic E-state index is 0.00229. The van der Waals surface area contributed by atoms with Crippen LogP contribution in [0.1, 0.15) is 18.9 Å². The van der Waals surface area contributed by atoms with Crippen LogP contribution in [0.2, 0.25) is 0 Å². The number of carbonyl (C=O) groups is 1. The molecule has 5 nitrogen and oxygen atoms in total. The Kier molecular flexibility index (Phi) is 6.72. The fraction of sp³-hybridized carbons (Fsp3) is 0.611. The minimum Gasteiger partial charge on any atom is -0.396 e. The van der Waals surface area contributed by atoms with E-state index in [0.717, 1.165) is 19.3 Å². The number of ether oxygens (including phenoxy) is 2. The standard InChI is InChI=1S/C18H27NO4/c1-18(9-11-20)17(12-21)19(16(13-22-2)14-23-18)10-8-15-6-4-3-5-7-15/h3-7,12,16-17,20H,8-11,13-14H2,1-2H3. The quantitative estimate of drug-likeness (QED) is 0.731. The van der Waals surface area contributed by atoms with E-state index in [1.165, 1.54) is 5.56 Å². The largest absolute Gasteiger partial charge is 0.396 e. The molecule has 0 amide bonds. The number of aldehydes is 1. The molecule has 1 aliphatic heterocycles. The summed E-state index contributed by atoms with van der Waals surface area (Å²) in [5, 5.41) is 9.32. The van der Waals surface area contributed by atoms with Crippen molar-refractivity contribution < 1.29 is 19.4 Å². The van der Waals surface area contributed by atoms with Gasteiger partial charge in [0.05, 0.1) is 30.9 Å². The Morgan fingerprint density at radius 1 is 1.43 bits per heavy atom. The summed E-state index contributed by atoms with van der Waals surface area (Å²) >= 11 is 0. The molecule has 3 unspecified atom stereocenters. The molecular formula is C18H27NO4. The predicted octanol–water partition coefficient (Wildman–Crippen LogP) is 1.28. The Morgan fingerprint density at radius 3 is 2.78 bits per heavy atom. The summed E-state index contributed by atoms with van der Waals surface area (Å²) < 4.78 is 11.2. The van der Waals surface area contributed by atoms with Gasteiger partial charge in [0.1, 0.15) is 6.29 Å². The average molecular weight is 321 g/mol. The number of aliphatic hydroxyl groups excluding tert-OH is 1. The van der Waals surface area contributed by atoms with Crippen molar-refractivity contribution >= 4 is 6.29 Å². The van der Waals surface area contributed by atoms with E-state index in [-0.39, 0.29) is 18.7 Å². The minimum atomic E-state index is -0.655. The van der Waals surface area contributed by atoms with Crippen molar-refractivity contribution in [3.05, 3.63) is 35.9 Å². The molecule has 23 heavy (non-hydrogen) atoms. The molecule has 0 aliphatic carbocycles.